The van der Waals surface area contributed by atoms with Crippen molar-refractivity contribution >= 4 is 17.2 Å². The molecule has 0 aliphatic heterocycles. The molecule has 2 rings (SSSR count). The number of nitrogen functional groups attached to an aromatic ring is 1. The lowest BCUT2D eigenvalue weighted by molar-refractivity contribution is -0.139. The summed E-state index contributed by atoms with van der Waals surface area (Å²) < 4.78 is 51.0. The highest BCUT2D eigenvalue weighted by Crippen LogP contribution is 2.33. The van der Waals surface area contributed by atoms with Crippen LogP contribution in [0.4, 0.5) is 34.8 Å². The van der Waals surface area contributed by atoms with Crippen molar-refractivity contribution in [3.05, 3.63) is 47.4 Å². The Morgan fingerprint density at radius 1 is 1.20 bits per heavy atom. The number of hydrogen-bond acceptors (Lipinski definition) is 3. The van der Waals surface area contributed by atoms with Gasteiger partial charge in [0.25, 0.3) is 0 Å². The van der Waals surface area contributed by atoms with E-state index in [4.69, 9.17) is 5.73 Å². The number of alkyl halides is 3. The fourth-order valence-corrected chi connectivity index (χ4v) is 1.68. The molecule has 0 radical (unpaired) electrons. The number of aromatic nitrogens is 1. The van der Waals surface area contributed by atoms with Crippen molar-refractivity contribution in [2.24, 2.45) is 0 Å². The second-order valence-electron chi connectivity index (χ2n) is 4.25. The first-order chi connectivity index (χ1) is 9.27. The number of nitrogens with zero attached hydrogens (tertiary/aromatic N) is 1. The number of hydrogen-bond donors (Lipinski definition) is 2. The maximum Gasteiger partial charge on any atom is 0.419 e. The predicted molar refractivity (Wildman–Crippen MR) is 68.1 cm³/mol. The first-order valence-corrected chi connectivity index (χ1v) is 5.63. The molecule has 20 heavy (non-hydrogen) atoms. The lowest BCUT2D eigenvalue weighted by Crippen LogP contribution is -2.09. The van der Waals surface area contributed by atoms with Gasteiger partial charge in [0.15, 0.2) is 0 Å². The van der Waals surface area contributed by atoms with Crippen LogP contribution in [0.1, 0.15) is 11.1 Å². The number of aryl methyl sites for hydroxylation is 1. The molecule has 0 aliphatic carbocycles. The molecule has 0 fully saturated rings. The van der Waals surface area contributed by atoms with Crippen molar-refractivity contribution in [2.75, 3.05) is 11.1 Å². The molecule has 0 saturated heterocycles. The number of anilines is 3. The Bertz CT molecular complexity index is 638. The predicted octanol–water partition coefficient (Wildman–Crippen LogP) is 3.87. The molecule has 7 heteroatoms. The van der Waals surface area contributed by atoms with Crippen molar-refractivity contribution in [3.63, 3.8) is 0 Å². The Kier molecular flexibility index (Phi) is 3.52. The Balaban J connectivity index is 2.35. The van der Waals surface area contributed by atoms with E-state index in [1.54, 1.807) is 13.0 Å². The molecule has 1 aromatic heterocycles. The number of halogens is 4. The molecule has 0 bridgehead atoms. The summed E-state index contributed by atoms with van der Waals surface area (Å²) in [6.45, 7) is 1.71. The van der Waals surface area contributed by atoms with Crippen molar-refractivity contribution < 1.29 is 17.6 Å². The van der Waals surface area contributed by atoms with E-state index in [1.807, 2.05) is 0 Å². The number of benzene rings is 1. The minimum atomic E-state index is -4.74. The van der Waals surface area contributed by atoms with Crippen LogP contribution < -0.4 is 11.1 Å². The molecule has 0 aliphatic rings. The Labute approximate surface area is 112 Å². The van der Waals surface area contributed by atoms with Gasteiger partial charge < -0.3 is 11.1 Å². The lowest BCUT2D eigenvalue weighted by Gasteiger charge is -2.12. The summed E-state index contributed by atoms with van der Waals surface area (Å²) in [4.78, 5) is 3.98. The maximum absolute atomic E-state index is 13.2. The van der Waals surface area contributed by atoms with Crippen molar-refractivity contribution in [3.8, 4) is 0 Å². The van der Waals surface area contributed by atoms with Gasteiger partial charge in [-0.25, -0.2) is 9.37 Å². The molecule has 3 nitrogen and oxygen atoms in total. The molecule has 1 aromatic carbocycles. The highest BCUT2D eigenvalue weighted by atomic mass is 19.4. The summed E-state index contributed by atoms with van der Waals surface area (Å²) in [6.07, 6.45) is -3.37. The summed E-state index contributed by atoms with van der Waals surface area (Å²) in [5, 5.41) is 2.71. The summed E-state index contributed by atoms with van der Waals surface area (Å²) >= 11 is 0. The number of pyridine rings is 1. The van der Waals surface area contributed by atoms with E-state index in [1.165, 1.54) is 12.3 Å². The van der Waals surface area contributed by atoms with Crippen LogP contribution >= 0.6 is 0 Å². The van der Waals surface area contributed by atoms with Gasteiger partial charge in [0.2, 0.25) is 0 Å². The second-order valence-corrected chi connectivity index (χ2v) is 4.25. The summed E-state index contributed by atoms with van der Waals surface area (Å²) in [6, 6.07) is 4.30. The highest BCUT2D eigenvalue weighted by molar-refractivity contribution is 5.62. The van der Waals surface area contributed by atoms with Gasteiger partial charge in [-0.1, -0.05) is 0 Å². The maximum atomic E-state index is 13.2. The van der Waals surface area contributed by atoms with E-state index in [-0.39, 0.29) is 5.69 Å². The monoisotopic (exact) mass is 285 g/mol. The van der Waals surface area contributed by atoms with Crippen LogP contribution in [0.2, 0.25) is 0 Å². The van der Waals surface area contributed by atoms with Gasteiger partial charge in [0, 0.05) is 5.69 Å². The van der Waals surface area contributed by atoms with Crippen LogP contribution in [0.3, 0.4) is 0 Å². The zero-order valence-electron chi connectivity index (χ0n) is 10.4. The van der Waals surface area contributed by atoms with E-state index < -0.39 is 17.6 Å². The lowest BCUT2D eigenvalue weighted by atomic mass is 10.1. The highest BCUT2D eigenvalue weighted by Gasteiger charge is 2.34. The van der Waals surface area contributed by atoms with Gasteiger partial charge >= 0.3 is 6.18 Å². The minimum Gasteiger partial charge on any atom is -0.397 e. The van der Waals surface area contributed by atoms with E-state index in [0.29, 0.717) is 23.1 Å². The third kappa shape index (κ3) is 2.98. The van der Waals surface area contributed by atoms with Gasteiger partial charge in [-0.3, -0.25) is 0 Å². The fourth-order valence-electron chi connectivity index (χ4n) is 1.68. The fraction of sp³-hybridized carbons (Fsp3) is 0.154. The average molecular weight is 285 g/mol. The van der Waals surface area contributed by atoms with Crippen LogP contribution in [0, 0.1) is 12.7 Å². The Morgan fingerprint density at radius 2 is 1.90 bits per heavy atom. The van der Waals surface area contributed by atoms with Gasteiger partial charge in [-0.05, 0) is 36.8 Å². The van der Waals surface area contributed by atoms with Gasteiger partial charge in [-0.15, -0.1) is 0 Å². The molecular weight excluding hydrogens is 274 g/mol. The third-order valence-corrected chi connectivity index (χ3v) is 2.63. The first-order valence-electron chi connectivity index (χ1n) is 5.63. The summed E-state index contributed by atoms with van der Waals surface area (Å²) in [5.74, 6) is -0.955. The van der Waals surface area contributed by atoms with E-state index in [2.05, 4.69) is 10.3 Å². The molecule has 1 heterocycles. The number of nitrogens with one attached hydrogen (secondary N) is 1. The van der Waals surface area contributed by atoms with Crippen LogP contribution in [0.5, 0.6) is 0 Å². The van der Waals surface area contributed by atoms with Gasteiger partial charge in [0.1, 0.15) is 11.6 Å². The molecule has 106 valence electrons. The zero-order valence-corrected chi connectivity index (χ0v) is 10.4. The normalized spacial score (nSPS) is 11.4. The van der Waals surface area contributed by atoms with E-state index in [9.17, 15) is 17.6 Å². The minimum absolute atomic E-state index is 0.0964. The SMILES string of the molecule is Cc1cc(N)cnc1Nc1ccc(F)c(C(F)(F)F)c1. The van der Waals surface area contributed by atoms with E-state index in [0.717, 1.165) is 6.07 Å². The largest absolute Gasteiger partial charge is 0.419 e. The standard InChI is InChI=1S/C13H11F4N3/c1-7-4-8(18)6-19-12(7)20-9-2-3-11(14)10(5-9)13(15,16)17/h2-6H,18H2,1H3,(H,19,20). The van der Waals surface area contributed by atoms with Crippen LogP contribution in [-0.4, -0.2) is 4.98 Å². The van der Waals surface area contributed by atoms with E-state index >= 15 is 0 Å². The van der Waals surface area contributed by atoms with Crippen LogP contribution in [0.25, 0.3) is 0 Å². The smallest absolute Gasteiger partial charge is 0.397 e. The van der Waals surface area contributed by atoms with Gasteiger partial charge in [0.05, 0.1) is 17.4 Å². The molecule has 3 N–H and O–H groups in total. The Morgan fingerprint density at radius 3 is 2.50 bits per heavy atom. The second kappa shape index (κ2) is 4.99. The van der Waals surface area contributed by atoms with Crippen molar-refractivity contribution in [1.82, 2.24) is 4.98 Å². The third-order valence-electron chi connectivity index (χ3n) is 2.63. The van der Waals surface area contributed by atoms with Crippen LogP contribution in [0.15, 0.2) is 30.5 Å². The molecule has 0 unspecified atom stereocenters. The van der Waals surface area contributed by atoms with Crippen molar-refractivity contribution in [1.29, 1.82) is 0 Å². The molecule has 0 atom stereocenters. The molecule has 2 aromatic rings. The summed E-state index contributed by atoms with van der Waals surface area (Å²) in [5.41, 5.74) is 5.42. The number of rotatable bonds is 2. The molecular formula is C13H11F4N3. The quantitative estimate of drug-likeness (QED) is 0.823. The van der Waals surface area contributed by atoms with Gasteiger partial charge in [-0.2, -0.15) is 13.2 Å². The topological polar surface area (TPSA) is 50.9 Å². The number of nitrogens with two attached hydrogens (primary N) is 1. The zero-order chi connectivity index (χ0) is 14.9. The first kappa shape index (κ1) is 14.1. The molecule has 0 spiro atoms. The molecule has 0 amide bonds. The summed E-state index contributed by atoms with van der Waals surface area (Å²) in [7, 11) is 0. The van der Waals surface area contributed by atoms with Crippen molar-refractivity contribution in [2.45, 2.75) is 13.1 Å². The average Bonchev–Trinajstić information content (AvgIpc) is 2.33. The van der Waals surface area contributed by atoms with Crippen LogP contribution in [-0.2, 0) is 6.18 Å². The Hall–Kier alpha value is -2.31. The molecule has 0 saturated carbocycles.